The number of carbonyl (C=O) groups excluding carboxylic acids is 2. The number of hydrogen-bond acceptors (Lipinski definition) is 9. The normalized spacial score (nSPS) is 11.4. The topological polar surface area (TPSA) is 139 Å². The Labute approximate surface area is 250 Å². The molecule has 0 atom stereocenters. The van der Waals surface area contributed by atoms with Crippen molar-refractivity contribution >= 4 is 46.1 Å². The van der Waals surface area contributed by atoms with Gasteiger partial charge in [0.25, 0.3) is 0 Å². The van der Waals surface area contributed by atoms with E-state index in [9.17, 15) is 19.5 Å². The molecule has 9 nitrogen and oxygen atoms in total. The van der Waals surface area contributed by atoms with Crippen LogP contribution in [0.25, 0.3) is 16.6 Å². The van der Waals surface area contributed by atoms with E-state index < -0.39 is 24.3 Å². The number of carboxylic acid groups (broad SMARTS) is 2. The van der Waals surface area contributed by atoms with Gasteiger partial charge in [-0.3, -0.25) is 4.79 Å². The van der Waals surface area contributed by atoms with Gasteiger partial charge >= 0.3 is 35.5 Å². The monoisotopic (exact) mass is 554 g/mol. The molecule has 1 heterocycles. The van der Waals surface area contributed by atoms with E-state index >= 15 is 0 Å². The molecule has 0 fully saturated rings. The Morgan fingerprint density at radius 3 is 2.31 bits per heavy atom. The van der Waals surface area contributed by atoms with Crippen LogP contribution in [0.3, 0.4) is 0 Å². The number of fused-ring (bicyclic) bond motifs is 1. The molecule has 0 spiro atoms. The Balaban J connectivity index is 0.00000420. The quantitative estimate of drug-likeness (QED) is 0.168. The number of carbonyl (C=O) groups is 3. The van der Waals surface area contributed by atoms with Gasteiger partial charge in [-0.05, 0) is 60.4 Å². The molecule has 4 rings (SSSR count). The average Bonchev–Trinajstić information content (AvgIpc) is 3.36. The number of carboxylic acids is 2. The van der Waals surface area contributed by atoms with E-state index in [1.165, 1.54) is 13.2 Å². The van der Waals surface area contributed by atoms with Gasteiger partial charge in [0.15, 0.2) is 12.4 Å². The second-order valence-electron chi connectivity index (χ2n) is 8.57. The second kappa shape index (κ2) is 13.0. The number of methoxy groups -OCH3 is 1. The molecule has 194 valence electrons. The van der Waals surface area contributed by atoms with E-state index in [-0.39, 0.29) is 58.4 Å². The minimum Gasteiger partial charge on any atom is -0.545 e. The van der Waals surface area contributed by atoms with Crippen molar-refractivity contribution < 1.29 is 63.6 Å². The number of aliphatic carboxylic acids is 2. The van der Waals surface area contributed by atoms with Gasteiger partial charge in [-0.15, -0.1) is 0 Å². The summed E-state index contributed by atoms with van der Waals surface area (Å²) in [6.07, 6.45) is -0.179. The largest absolute Gasteiger partial charge is 1.00 e. The number of allylic oxidation sites excluding steroid dienone is 1. The van der Waals surface area contributed by atoms with Crippen LogP contribution < -0.4 is 44.1 Å². The first kappa shape index (κ1) is 30.0. The summed E-state index contributed by atoms with van der Waals surface area (Å²) in [4.78, 5) is 37.7. The fraction of sp³-hybridized carbons (Fsp3) is 0.179. The van der Waals surface area contributed by atoms with E-state index in [1.807, 2.05) is 13.8 Å². The molecule has 1 N–H and O–H groups in total. The Kier molecular flexibility index (Phi) is 9.98. The van der Waals surface area contributed by atoms with Crippen molar-refractivity contribution in [1.82, 2.24) is 8.75 Å². The molecule has 39 heavy (non-hydrogen) atoms. The van der Waals surface area contributed by atoms with Gasteiger partial charge in [-0.25, -0.2) is 4.79 Å². The van der Waals surface area contributed by atoms with Crippen LogP contribution in [0.1, 0.15) is 32.6 Å². The van der Waals surface area contributed by atoms with Gasteiger partial charge in [-0.2, -0.15) is 8.75 Å². The molecule has 0 radical (unpaired) electrons. The molecule has 0 aliphatic rings. The minimum atomic E-state index is -1.54. The Morgan fingerprint density at radius 2 is 1.64 bits per heavy atom. The SMILES string of the molecule is COc1ccc(CC(C(=O)c2ccc(C)c(C)c2)=C(C(=O)[O-])c2ccc3nsnc3c2)c(OCC(=O)O)c1.[Na+]. The predicted octanol–water partition coefficient (Wildman–Crippen LogP) is 0.413. The van der Waals surface area contributed by atoms with Crippen molar-refractivity contribution in [2.45, 2.75) is 20.3 Å². The molecule has 3 aromatic carbocycles. The van der Waals surface area contributed by atoms with Crippen molar-refractivity contribution in [3.8, 4) is 11.5 Å². The number of hydrogen-bond donors (Lipinski definition) is 1. The maximum atomic E-state index is 13.9. The number of aromatic nitrogens is 2. The molecule has 0 unspecified atom stereocenters. The maximum Gasteiger partial charge on any atom is 1.00 e. The summed E-state index contributed by atoms with van der Waals surface area (Å²) >= 11 is 0.990. The third kappa shape index (κ3) is 6.90. The smallest absolute Gasteiger partial charge is 0.545 e. The number of rotatable bonds is 10. The Hall–Kier alpha value is -3.57. The van der Waals surface area contributed by atoms with Gasteiger partial charge < -0.3 is 24.5 Å². The van der Waals surface area contributed by atoms with Crippen LogP contribution in [0.4, 0.5) is 0 Å². The summed E-state index contributed by atoms with van der Waals surface area (Å²) in [7, 11) is 1.45. The number of benzene rings is 3. The Morgan fingerprint density at radius 1 is 0.923 bits per heavy atom. The molecular formula is C28H23N2NaO7S. The standard InChI is InChI=1S/C28H24N2O7S.Na/c1-15-4-5-19(10-16(15)2)27(33)21(11-17-6-8-20(36-3)13-24(17)37-14-25(31)32)26(28(34)35)18-7-9-22-23(12-18)30-38-29-22;/h4-10,12-13H,11,14H2,1-3H3,(H,31,32)(H,34,35);/q;+1/p-1. The van der Waals surface area contributed by atoms with Crippen LogP contribution >= 0.6 is 11.7 Å². The van der Waals surface area contributed by atoms with E-state index in [1.54, 1.807) is 48.5 Å². The van der Waals surface area contributed by atoms with Crippen molar-refractivity contribution in [1.29, 1.82) is 0 Å². The number of Topliss-reactive ketones (excluding diaryl/α,β-unsaturated/α-hetero) is 1. The van der Waals surface area contributed by atoms with E-state index in [2.05, 4.69) is 8.75 Å². The van der Waals surface area contributed by atoms with Gasteiger partial charge in [0.05, 0.1) is 24.8 Å². The number of ketones is 1. The van der Waals surface area contributed by atoms with Crippen LogP contribution in [-0.4, -0.2) is 45.3 Å². The first-order valence-electron chi connectivity index (χ1n) is 11.5. The third-order valence-electron chi connectivity index (χ3n) is 6.08. The second-order valence-corrected chi connectivity index (χ2v) is 9.10. The molecule has 4 aromatic rings. The van der Waals surface area contributed by atoms with E-state index in [0.29, 0.717) is 27.9 Å². The number of aryl methyl sites for hydroxylation is 2. The molecule has 1 aromatic heterocycles. The summed E-state index contributed by atoms with van der Waals surface area (Å²) in [5.74, 6) is -2.69. The zero-order chi connectivity index (χ0) is 27.4. The molecule has 11 heteroatoms. The molecule has 0 aliphatic heterocycles. The number of nitrogens with zero attached hydrogens (tertiary/aromatic N) is 2. The molecular weight excluding hydrogens is 531 g/mol. The summed E-state index contributed by atoms with van der Waals surface area (Å²) in [5, 5.41) is 21.7. The van der Waals surface area contributed by atoms with E-state index in [4.69, 9.17) is 14.6 Å². The van der Waals surface area contributed by atoms with Crippen LogP contribution in [0, 0.1) is 13.8 Å². The van der Waals surface area contributed by atoms with Gasteiger partial charge in [0.1, 0.15) is 22.5 Å². The van der Waals surface area contributed by atoms with Crippen LogP contribution in [0.15, 0.2) is 60.2 Å². The van der Waals surface area contributed by atoms with Crippen molar-refractivity contribution in [2.75, 3.05) is 13.7 Å². The van der Waals surface area contributed by atoms with Crippen LogP contribution in [0.5, 0.6) is 11.5 Å². The Bertz CT molecular complexity index is 1600. The fourth-order valence-electron chi connectivity index (χ4n) is 3.96. The summed E-state index contributed by atoms with van der Waals surface area (Å²) in [6, 6.07) is 14.6. The zero-order valence-electron chi connectivity index (χ0n) is 21.8. The van der Waals surface area contributed by atoms with Crippen molar-refractivity contribution in [3.63, 3.8) is 0 Å². The van der Waals surface area contributed by atoms with Gasteiger partial charge in [-0.1, -0.05) is 24.3 Å². The summed E-state index contributed by atoms with van der Waals surface area (Å²) in [5.41, 5.74) is 3.51. The number of ether oxygens (including phenoxy) is 2. The van der Waals surface area contributed by atoms with Crippen LogP contribution in [-0.2, 0) is 16.0 Å². The first-order valence-corrected chi connectivity index (χ1v) is 12.2. The zero-order valence-corrected chi connectivity index (χ0v) is 24.6. The van der Waals surface area contributed by atoms with Crippen LogP contribution in [0.2, 0.25) is 0 Å². The van der Waals surface area contributed by atoms with E-state index in [0.717, 1.165) is 22.9 Å². The predicted molar refractivity (Wildman–Crippen MR) is 139 cm³/mol. The summed E-state index contributed by atoms with van der Waals surface area (Å²) < 4.78 is 19.0. The molecule has 0 saturated heterocycles. The third-order valence-corrected chi connectivity index (χ3v) is 6.64. The van der Waals surface area contributed by atoms with Gasteiger partial charge in [0.2, 0.25) is 0 Å². The van der Waals surface area contributed by atoms with Crippen molar-refractivity contribution in [3.05, 3.63) is 88.0 Å². The first-order chi connectivity index (χ1) is 18.2. The molecule has 0 bridgehead atoms. The summed E-state index contributed by atoms with van der Waals surface area (Å²) in [6.45, 7) is 3.14. The molecule has 0 saturated carbocycles. The molecule has 0 aliphatic carbocycles. The minimum absolute atomic E-state index is 0. The molecule has 0 amide bonds. The van der Waals surface area contributed by atoms with Crippen molar-refractivity contribution in [2.24, 2.45) is 0 Å². The average molecular weight is 555 g/mol. The fourth-order valence-corrected chi connectivity index (χ4v) is 4.48. The van der Waals surface area contributed by atoms with Gasteiger partial charge in [0, 0.05) is 29.2 Å². The maximum absolute atomic E-state index is 13.9.